The van der Waals surface area contributed by atoms with Gasteiger partial charge in [0.15, 0.2) is 5.82 Å². The molecule has 0 atom stereocenters. The van der Waals surface area contributed by atoms with E-state index in [1.807, 2.05) is 38.2 Å². The van der Waals surface area contributed by atoms with Crippen LogP contribution in [0.2, 0.25) is 0 Å². The molecular weight excluding hydrogens is 412 g/mol. The molecule has 9 heteroatoms. The molecule has 8 nitrogen and oxygen atoms in total. The van der Waals surface area contributed by atoms with Crippen molar-refractivity contribution in [1.29, 1.82) is 0 Å². The smallest absolute Gasteiger partial charge is 0.261 e. The minimum absolute atomic E-state index is 0.231. The lowest BCUT2D eigenvalue weighted by atomic mass is 10.2. The first-order valence-electron chi connectivity index (χ1n) is 9.77. The molecule has 0 aliphatic heterocycles. The van der Waals surface area contributed by atoms with Crippen LogP contribution in [0.3, 0.4) is 0 Å². The van der Waals surface area contributed by atoms with Crippen LogP contribution in [0.1, 0.15) is 18.3 Å². The monoisotopic (exact) mass is 434 g/mol. The molecule has 0 amide bonds. The molecule has 31 heavy (non-hydrogen) atoms. The summed E-state index contributed by atoms with van der Waals surface area (Å²) in [6.07, 6.45) is 4.35. The molecule has 4 aromatic rings. The van der Waals surface area contributed by atoms with E-state index in [9.17, 15) is 8.42 Å². The van der Waals surface area contributed by atoms with Crippen LogP contribution in [0.15, 0.2) is 78.0 Å². The van der Waals surface area contributed by atoms with Gasteiger partial charge in [0.2, 0.25) is 0 Å². The van der Waals surface area contributed by atoms with Gasteiger partial charge in [0.25, 0.3) is 10.0 Å². The van der Waals surface area contributed by atoms with Crippen molar-refractivity contribution in [1.82, 2.24) is 19.7 Å². The van der Waals surface area contributed by atoms with E-state index in [4.69, 9.17) is 0 Å². The Hall–Kier alpha value is -3.72. The molecule has 2 aromatic carbocycles. The maximum Gasteiger partial charge on any atom is 0.261 e. The number of nitrogens with one attached hydrogen (secondary N) is 2. The van der Waals surface area contributed by atoms with Crippen LogP contribution in [0, 0.1) is 6.92 Å². The van der Waals surface area contributed by atoms with Gasteiger partial charge in [-0.25, -0.2) is 23.1 Å². The maximum absolute atomic E-state index is 12.6. The van der Waals surface area contributed by atoms with Gasteiger partial charge in [-0.05, 0) is 61.4 Å². The van der Waals surface area contributed by atoms with Crippen molar-refractivity contribution < 1.29 is 8.42 Å². The van der Waals surface area contributed by atoms with Gasteiger partial charge in [0, 0.05) is 29.8 Å². The fourth-order valence-corrected chi connectivity index (χ4v) is 4.08. The molecule has 2 N–H and O–H groups in total. The van der Waals surface area contributed by atoms with E-state index in [-0.39, 0.29) is 4.90 Å². The SMILES string of the molecule is CCc1ccc(S(=O)(=O)Nc2ccc(Nc3cc(-n4cccn4)nc(C)n3)cc2)cc1. The van der Waals surface area contributed by atoms with Crippen molar-refractivity contribution in [2.45, 2.75) is 25.2 Å². The Bertz CT molecular complexity index is 1270. The van der Waals surface area contributed by atoms with Gasteiger partial charge in [-0.15, -0.1) is 0 Å². The fraction of sp³-hybridized carbons (Fsp3) is 0.136. The number of hydrogen-bond donors (Lipinski definition) is 2. The average Bonchev–Trinajstić information content (AvgIpc) is 3.30. The second kappa shape index (κ2) is 8.57. The van der Waals surface area contributed by atoms with Crippen LogP contribution in [0.4, 0.5) is 17.2 Å². The summed E-state index contributed by atoms with van der Waals surface area (Å²) in [4.78, 5) is 9.02. The number of benzene rings is 2. The molecule has 0 aliphatic rings. The quantitative estimate of drug-likeness (QED) is 0.454. The summed E-state index contributed by atoms with van der Waals surface area (Å²) >= 11 is 0. The van der Waals surface area contributed by atoms with Crippen molar-refractivity contribution in [3.8, 4) is 5.82 Å². The first-order valence-corrected chi connectivity index (χ1v) is 11.3. The predicted molar refractivity (Wildman–Crippen MR) is 120 cm³/mol. The molecule has 0 saturated carbocycles. The maximum atomic E-state index is 12.6. The van der Waals surface area contributed by atoms with E-state index in [1.54, 1.807) is 53.3 Å². The molecule has 158 valence electrons. The van der Waals surface area contributed by atoms with E-state index >= 15 is 0 Å². The highest BCUT2D eigenvalue weighted by Crippen LogP contribution is 2.21. The molecule has 0 radical (unpaired) electrons. The van der Waals surface area contributed by atoms with Crippen molar-refractivity contribution in [3.05, 3.63) is 84.4 Å². The summed E-state index contributed by atoms with van der Waals surface area (Å²) in [6, 6.07) is 17.4. The van der Waals surface area contributed by atoms with Gasteiger partial charge in [0.1, 0.15) is 11.6 Å². The summed E-state index contributed by atoms with van der Waals surface area (Å²) in [5.41, 5.74) is 2.33. The Kier molecular flexibility index (Phi) is 5.68. The number of aromatic nitrogens is 4. The first kappa shape index (κ1) is 20.5. The zero-order valence-electron chi connectivity index (χ0n) is 17.1. The van der Waals surface area contributed by atoms with Gasteiger partial charge >= 0.3 is 0 Å². The van der Waals surface area contributed by atoms with Crippen molar-refractivity contribution in [2.24, 2.45) is 0 Å². The third kappa shape index (κ3) is 4.89. The molecule has 0 aliphatic carbocycles. The highest BCUT2D eigenvalue weighted by molar-refractivity contribution is 7.92. The summed E-state index contributed by atoms with van der Waals surface area (Å²) in [7, 11) is -3.65. The minimum Gasteiger partial charge on any atom is -0.340 e. The van der Waals surface area contributed by atoms with E-state index in [0.29, 0.717) is 23.1 Å². The van der Waals surface area contributed by atoms with Crippen LogP contribution < -0.4 is 10.0 Å². The van der Waals surface area contributed by atoms with E-state index in [1.165, 1.54) is 0 Å². The van der Waals surface area contributed by atoms with Crippen molar-refractivity contribution in [3.63, 3.8) is 0 Å². The van der Waals surface area contributed by atoms with Crippen LogP contribution in [-0.4, -0.2) is 28.2 Å². The number of rotatable bonds is 7. The summed E-state index contributed by atoms with van der Waals surface area (Å²) in [5, 5.41) is 7.40. The topological polar surface area (TPSA) is 102 Å². The number of aryl methyl sites for hydroxylation is 2. The molecule has 4 rings (SSSR count). The predicted octanol–water partition coefficient (Wildman–Crippen LogP) is 4.08. The lowest BCUT2D eigenvalue weighted by molar-refractivity contribution is 0.601. The largest absolute Gasteiger partial charge is 0.340 e. The van der Waals surface area contributed by atoms with Crippen LogP contribution in [-0.2, 0) is 16.4 Å². The van der Waals surface area contributed by atoms with E-state index in [2.05, 4.69) is 25.1 Å². The third-order valence-electron chi connectivity index (χ3n) is 4.61. The summed E-state index contributed by atoms with van der Waals surface area (Å²) in [5.74, 6) is 1.87. The van der Waals surface area contributed by atoms with Gasteiger partial charge in [-0.1, -0.05) is 19.1 Å². The average molecular weight is 435 g/mol. The molecule has 0 bridgehead atoms. The van der Waals surface area contributed by atoms with E-state index < -0.39 is 10.0 Å². The molecule has 0 fully saturated rings. The Morgan fingerprint density at radius 2 is 1.68 bits per heavy atom. The summed E-state index contributed by atoms with van der Waals surface area (Å²) in [6.45, 7) is 3.83. The van der Waals surface area contributed by atoms with Gasteiger partial charge in [-0.2, -0.15) is 5.10 Å². The third-order valence-corrected chi connectivity index (χ3v) is 6.01. The second-order valence-corrected chi connectivity index (χ2v) is 8.60. The molecular formula is C22H22N6O2S. The molecule has 0 unspecified atom stereocenters. The Labute approximate surface area is 181 Å². The van der Waals surface area contributed by atoms with Crippen LogP contribution >= 0.6 is 0 Å². The number of nitrogens with zero attached hydrogens (tertiary/aromatic N) is 4. The number of hydrogen-bond acceptors (Lipinski definition) is 6. The lowest BCUT2D eigenvalue weighted by Gasteiger charge is -2.11. The Balaban J connectivity index is 1.48. The molecule has 0 spiro atoms. The van der Waals surface area contributed by atoms with Crippen LogP contribution in [0.5, 0.6) is 0 Å². The lowest BCUT2D eigenvalue weighted by Crippen LogP contribution is -2.12. The van der Waals surface area contributed by atoms with E-state index in [0.717, 1.165) is 17.7 Å². The second-order valence-electron chi connectivity index (χ2n) is 6.91. The van der Waals surface area contributed by atoms with Crippen molar-refractivity contribution >= 4 is 27.2 Å². The molecule has 2 aromatic heterocycles. The normalized spacial score (nSPS) is 11.3. The zero-order valence-corrected chi connectivity index (χ0v) is 18.0. The number of anilines is 3. The first-order chi connectivity index (χ1) is 14.9. The minimum atomic E-state index is -3.65. The zero-order chi connectivity index (χ0) is 21.8. The standard InChI is InChI=1S/C22H22N6O2S/c1-3-17-5-11-20(12-6-17)31(29,30)27-19-9-7-18(8-10-19)26-21-15-22(25-16(2)24-21)28-14-4-13-23-28/h4-15,27H,3H2,1-2H3,(H,24,25,26). The van der Waals surface area contributed by atoms with Gasteiger partial charge < -0.3 is 5.32 Å². The van der Waals surface area contributed by atoms with Crippen LogP contribution in [0.25, 0.3) is 5.82 Å². The Morgan fingerprint density at radius 1 is 0.968 bits per heavy atom. The highest BCUT2D eigenvalue weighted by atomic mass is 32.2. The molecule has 0 saturated heterocycles. The highest BCUT2D eigenvalue weighted by Gasteiger charge is 2.14. The van der Waals surface area contributed by atoms with Crippen molar-refractivity contribution in [2.75, 3.05) is 10.0 Å². The Morgan fingerprint density at radius 3 is 2.32 bits per heavy atom. The van der Waals surface area contributed by atoms with Gasteiger partial charge in [0.05, 0.1) is 4.90 Å². The van der Waals surface area contributed by atoms with Gasteiger partial charge in [-0.3, -0.25) is 4.72 Å². The fourth-order valence-electron chi connectivity index (χ4n) is 3.03. The number of sulfonamides is 1. The summed E-state index contributed by atoms with van der Waals surface area (Å²) < 4.78 is 29.5. The molecule has 2 heterocycles.